The summed E-state index contributed by atoms with van der Waals surface area (Å²) >= 11 is 0. The molecule has 2 aromatic carbocycles. The van der Waals surface area contributed by atoms with Gasteiger partial charge in [0.15, 0.2) is 0 Å². The number of aliphatic imine (C=N–C) groups is 1. The molecule has 0 bridgehead atoms. The Balaban J connectivity index is 1.98. The number of benzene rings is 2. The molecular weight excluding hydrogens is 330 g/mol. The maximum Gasteiger partial charge on any atom is 0.273 e. The molecule has 0 aromatic heterocycles. The number of sulfonamides is 1. The van der Waals surface area contributed by atoms with Gasteiger partial charge in [-0.15, -0.1) is 0 Å². The molecule has 126 valence electrons. The summed E-state index contributed by atoms with van der Waals surface area (Å²) in [5.74, 6) is 0. The number of nitrogens with zero attached hydrogens (tertiary/aromatic N) is 2. The van der Waals surface area contributed by atoms with Crippen molar-refractivity contribution in [3.05, 3.63) is 69.8 Å². The van der Waals surface area contributed by atoms with Gasteiger partial charge in [0, 0.05) is 24.4 Å². The number of nitro benzene ring substituents is 1. The Bertz CT molecular complexity index is 849. The highest BCUT2D eigenvalue weighted by Gasteiger charge is 2.19. The van der Waals surface area contributed by atoms with Gasteiger partial charge in [-0.1, -0.05) is 36.4 Å². The van der Waals surface area contributed by atoms with Gasteiger partial charge < -0.3 is 0 Å². The predicted molar refractivity (Wildman–Crippen MR) is 91.9 cm³/mol. The van der Waals surface area contributed by atoms with Gasteiger partial charge in [0.1, 0.15) is 0 Å². The van der Waals surface area contributed by atoms with E-state index in [4.69, 9.17) is 0 Å². The number of nitrogens with one attached hydrogen (secondary N) is 1. The van der Waals surface area contributed by atoms with E-state index in [0.29, 0.717) is 5.56 Å². The van der Waals surface area contributed by atoms with E-state index in [2.05, 4.69) is 9.71 Å². The van der Waals surface area contributed by atoms with Crippen molar-refractivity contribution in [2.75, 3.05) is 13.1 Å². The van der Waals surface area contributed by atoms with E-state index in [-0.39, 0.29) is 23.7 Å². The van der Waals surface area contributed by atoms with Crippen molar-refractivity contribution >= 4 is 21.9 Å². The number of nitro groups is 1. The van der Waals surface area contributed by atoms with Crippen LogP contribution in [0.25, 0.3) is 0 Å². The van der Waals surface area contributed by atoms with E-state index in [1.807, 2.05) is 30.3 Å². The van der Waals surface area contributed by atoms with Gasteiger partial charge >= 0.3 is 0 Å². The Labute approximate surface area is 140 Å². The van der Waals surface area contributed by atoms with E-state index in [1.54, 1.807) is 13.1 Å². The highest BCUT2D eigenvalue weighted by molar-refractivity contribution is 7.89. The maximum absolute atomic E-state index is 12.2. The Morgan fingerprint density at radius 1 is 1.21 bits per heavy atom. The first-order chi connectivity index (χ1) is 11.4. The lowest BCUT2D eigenvalue weighted by Crippen LogP contribution is -2.26. The summed E-state index contributed by atoms with van der Waals surface area (Å²) in [5.41, 5.74) is 1.11. The van der Waals surface area contributed by atoms with Crippen LogP contribution in [-0.4, -0.2) is 32.6 Å². The van der Waals surface area contributed by atoms with Crippen molar-refractivity contribution < 1.29 is 13.3 Å². The monoisotopic (exact) mass is 347 g/mol. The van der Waals surface area contributed by atoms with E-state index < -0.39 is 14.9 Å². The van der Waals surface area contributed by atoms with Gasteiger partial charge in [-0.05, 0) is 18.6 Å². The van der Waals surface area contributed by atoms with Crippen LogP contribution in [0.15, 0.2) is 58.4 Å². The van der Waals surface area contributed by atoms with Crippen molar-refractivity contribution in [3.8, 4) is 0 Å². The summed E-state index contributed by atoms with van der Waals surface area (Å²) in [7, 11) is -3.81. The molecule has 0 radical (unpaired) electrons. The normalized spacial score (nSPS) is 11.7. The highest BCUT2D eigenvalue weighted by Crippen LogP contribution is 2.21. The molecule has 0 atom stereocenters. The quantitative estimate of drug-likeness (QED) is 0.359. The molecule has 0 heterocycles. The van der Waals surface area contributed by atoms with Crippen molar-refractivity contribution in [2.24, 2.45) is 4.99 Å². The van der Waals surface area contributed by atoms with Crippen molar-refractivity contribution in [3.63, 3.8) is 0 Å². The molecule has 0 amide bonds. The summed E-state index contributed by atoms with van der Waals surface area (Å²) in [6, 6.07) is 13.3. The Hall–Kier alpha value is -2.58. The zero-order valence-corrected chi connectivity index (χ0v) is 13.9. The third kappa shape index (κ3) is 4.71. The lowest BCUT2D eigenvalue weighted by molar-refractivity contribution is -0.385. The van der Waals surface area contributed by atoms with Crippen LogP contribution in [0.1, 0.15) is 11.1 Å². The summed E-state index contributed by atoms with van der Waals surface area (Å²) in [5, 5.41) is 10.9. The molecule has 0 spiro atoms. The fourth-order valence-corrected chi connectivity index (χ4v) is 3.03. The number of hydrogen-bond donors (Lipinski definition) is 1. The van der Waals surface area contributed by atoms with Crippen LogP contribution in [0.4, 0.5) is 5.69 Å². The maximum atomic E-state index is 12.2. The zero-order chi connectivity index (χ0) is 17.6. The summed E-state index contributed by atoms with van der Waals surface area (Å²) < 4.78 is 26.7. The van der Waals surface area contributed by atoms with Crippen molar-refractivity contribution in [1.82, 2.24) is 4.72 Å². The fraction of sp³-hybridized carbons (Fsp3) is 0.188. The zero-order valence-electron chi connectivity index (χ0n) is 13.0. The molecular formula is C16H17N3O4S. The second kappa shape index (κ2) is 7.80. The van der Waals surface area contributed by atoms with Crippen LogP contribution in [0.5, 0.6) is 0 Å². The van der Waals surface area contributed by atoms with Crippen LogP contribution in [0, 0.1) is 17.0 Å². The topological polar surface area (TPSA) is 102 Å². The first-order valence-electron chi connectivity index (χ1n) is 7.20. The lowest BCUT2D eigenvalue weighted by atomic mass is 10.2. The average molecular weight is 347 g/mol. The third-order valence-corrected chi connectivity index (χ3v) is 4.72. The molecule has 24 heavy (non-hydrogen) atoms. The van der Waals surface area contributed by atoms with Gasteiger partial charge in [0.05, 0.1) is 16.4 Å². The number of rotatable bonds is 7. The van der Waals surface area contributed by atoms with Crippen molar-refractivity contribution in [2.45, 2.75) is 11.8 Å². The Kier molecular flexibility index (Phi) is 5.78. The first-order valence-corrected chi connectivity index (χ1v) is 8.68. The Morgan fingerprint density at radius 2 is 1.92 bits per heavy atom. The van der Waals surface area contributed by atoms with Gasteiger partial charge in [-0.25, -0.2) is 13.1 Å². The summed E-state index contributed by atoms with van der Waals surface area (Å²) in [6.07, 6.45) is 1.66. The lowest BCUT2D eigenvalue weighted by Gasteiger charge is -2.06. The molecule has 0 fully saturated rings. The average Bonchev–Trinajstić information content (AvgIpc) is 2.55. The molecule has 0 aliphatic carbocycles. The summed E-state index contributed by atoms with van der Waals surface area (Å²) in [4.78, 5) is 14.3. The van der Waals surface area contributed by atoms with Crippen LogP contribution >= 0.6 is 0 Å². The van der Waals surface area contributed by atoms with Crippen LogP contribution in [0.2, 0.25) is 0 Å². The smallest absolute Gasteiger partial charge is 0.273 e. The van der Waals surface area contributed by atoms with Crippen LogP contribution in [0.3, 0.4) is 0 Å². The molecule has 0 unspecified atom stereocenters. The molecule has 0 aliphatic rings. The molecule has 2 rings (SSSR count). The van der Waals surface area contributed by atoms with E-state index >= 15 is 0 Å². The standard InChI is InChI=1S/C16H17N3O4S/c1-13-7-8-15(11-16(13)19(20)21)24(22,23)18-10-9-17-12-14-5-3-2-4-6-14/h2-8,11-12,18H,9-10H2,1H3. The number of aryl methyl sites for hydroxylation is 1. The van der Waals surface area contributed by atoms with Crippen molar-refractivity contribution in [1.29, 1.82) is 0 Å². The van der Waals surface area contributed by atoms with E-state index in [9.17, 15) is 18.5 Å². The second-order valence-electron chi connectivity index (χ2n) is 5.05. The highest BCUT2D eigenvalue weighted by atomic mass is 32.2. The molecule has 1 N–H and O–H groups in total. The van der Waals surface area contributed by atoms with E-state index in [0.717, 1.165) is 11.6 Å². The SMILES string of the molecule is Cc1ccc(S(=O)(=O)NCCN=Cc2ccccc2)cc1[N+](=O)[O-]. The first kappa shape index (κ1) is 17.8. The summed E-state index contributed by atoms with van der Waals surface area (Å²) in [6.45, 7) is 1.93. The minimum absolute atomic E-state index is 0.105. The minimum atomic E-state index is -3.81. The van der Waals surface area contributed by atoms with Crippen LogP contribution in [-0.2, 0) is 10.0 Å². The third-order valence-electron chi connectivity index (χ3n) is 3.26. The van der Waals surface area contributed by atoms with Gasteiger partial charge in [-0.2, -0.15) is 0 Å². The van der Waals surface area contributed by atoms with Crippen LogP contribution < -0.4 is 4.72 Å². The molecule has 0 aliphatic heterocycles. The Morgan fingerprint density at radius 3 is 2.58 bits per heavy atom. The predicted octanol–water partition coefficient (Wildman–Crippen LogP) is 2.30. The molecule has 0 saturated carbocycles. The fourth-order valence-electron chi connectivity index (χ4n) is 1.99. The molecule has 8 heteroatoms. The van der Waals surface area contributed by atoms with E-state index in [1.165, 1.54) is 12.1 Å². The van der Waals surface area contributed by atoms with Gasteiger partial charge in [0.25, 0.3) is 5.69 Å². The van der Waals surface area contributed by atoms with Gasteiger partial charge in [-0.3, -0.25) is 15.1 Å². The molecule has 0 saturated heterocycles. The largest absolute Gasteiger partial charge is 0.291 e. The molecule has 2 aromatic rings. The minimum Gasteiger partial charge on any atom is -0.291 e. The molecule has 7 nitrogen and oxygen atoms in total. The second-order valence-corrected chi connectivity index (χ2v) is 6.82. The van der Waals surface area contributed by atoms with Gasteiger partial charge in [0.2, 0.25) is 10.0 Å². The number of hydrogen-bond acceptors (Lipinski definition) is 5.